The number of nitrogens with one attached hydrogen (secondary N) is 1. The molecule has 1 aliphatic carbocycles. The van der Waals surface area contributed by atoms with Crippen molar-refractivity contribution in [1.82, 2.24) is 14.5 Å². The first-order valence-corrected chi connectivity index (χ1v) is 12.5. The number of halogens is 3. The van der Waals surface area contributed by atoms with Gasteiger partial charge in [-0.05, 0) is 72.9 Å². The number of alkyl halides is 3. The second-order valence-electron chi connectivity index (χ2n) is 10.1. The van der Waals surface area contributed by atoms with Gasteiger partial charge in [-0.25, -0.2) is 0 Å². The maximum absolute atomic E-state index is 13.1. The van der Waals surface area contributed by atoms with Gasteiger partial charge in [-0.1, -0.05) is 12.1 Å². The molecule has 1 aliphatic heterocycles. The van der Waals surface area contributed by atoms with Crippen molar-refractivity contribution in [1.29, 1.82) is 0 Å². The van der Waals surface area contributed by atoms with E-state index in [1.54, 1.807) is 11.5 Å². The number of hydrogen-bond acceptors (Lipinski definition) is 3. The molecule has 0 spiro atoms. The summed E-state index contributed by atoms with van der Waals surface area (Å²) in [4.78, 5) is 34.0. The molecular weight excluding hydrogens is 485 g/mol. The topological polar surface area (TPSA) is 90.7 Å². The summed E-state index contributed by atoms with van der Waals surface area (Å²) in [7, 11) is 0. The summed E-state index contributed by atoms with van der Waals surface area (Å²) in [5.74, 6) is 0.516. The smallest absolute Gasteiger partial charge is 0.396 e. The van der Waals surface area contributed by atoms with E-state index in [1.807, 2.05) is 17.0 Å². The van der Waals surface area contributed by atoms with Crippen LogP contribution in [0.15, 0.2) is 47.5 Å². The van der Waals surface area contributed by atoms with Gasteiger partial charge in [-0.2, -0.15) is 18.2 Å². The van der Waals surface area contributed by atoms with Crippen LogP contribution in [0.5, 0.6) is 0 Å². The Morgan fingerprint density at radius 1 is 1.14 bits per heavy atom. The number of carbonyl (C=O) groups is 2. The fourth-order valence-electron chi connectivity index (χ4n) is 5.88. The molecule has 5 rings (SSSR count). The molecule has 196 valence electrons. The molecule has 2 aromatic carbocycles. The van der Waals surface area contributed by atoms with Crippen molar-refractivity contribution in [3.8, 4) is 0 Å². The predicted molar refractivity (Wildman–Crippen MR) is 131 cm³/mol. The Morgan fingerprint density at radius 2 is 1.95 bits per heavy atom. The number of nitrogens with zero attached hydrogens (tertiary/aromatic N) is 3. The van der Waals surface area contributed by atoms with Gasteiger partial charge < -0.3 is 19.6 Å². The van der Waals surface area contributed by atoms with E-state index in [0.29, 0.717) is 30.7 Å². The molecule has 3 aromatic rings. The maximum Gasteiger partial charge on any atom is 0.416 e. The van der Waals surface area contributed by atoms with E-state index in [2.05, 4.69) is 16.0 Å². The highest BCUT2D eigenvalue weighted by molar-refractivity contribution is 5.95. The molecule has 0 radical (unpaired) electrons. The first-order chi connectivity index (χ1) is 17.6. The zero-order chi connectivity index (χ0) is 26.3. The highest BCUT2D eigenvalue weighted by Crippen LogP contribution is 2.47. The molecule has 1 aromatic heterocycles. The molecule has 3 atom stereocenters. The van der Waals surface area contributed by atoms with Crippen LogP contribution in [0, 0.1) is 11.8 Å². The molecule has 10 heteroatoms. The third-order valence-electron chi connectivity index (χ3n) is 7.60. The van der Waals surface area contributed by atoms with Crippen molar-refractivity contribution in [3.05, 3.63) is 64.8 Å². The molecule has 1 saturated carbocycles. The van der Waals surface area contributed by atoms with Crippen LogP contribution < -0.4 is 5.62 Å². The molecule has 3 unspecified atom stereocenters. The Labute approximate surface area is 211 Å². The molecule has 37 heavy (non-hydrogen) atoms. The van der Waals surface area contributed by atoms with Gasteiger partial charge >= 0.3 is 6.18 Å². The van der Waals surface area contributed by atoms with Crippen LogP contribution in [-0.4, -0.2) is 51.1 Å². The molecular formula is C27H29F3N4O3. The lowest BCUT2D eigenvalue weighted by Gasteiger charge is -2.32. The number of fused-ring (bicyclic) bond motifs is 3. The number of aliphatic hydroxyl groups excluding tert-OH is 1. The molecule has 2 fully saturated rings. The zero-order valence-electron chi connectivity index (χ0n) is 20.5. The average molecular weight is 515 g/mol. The fourth-order valence-corrected chi connectivity index (χ4v) is 5.88. The average Bonchev–Trinajstić information content (AvgIpc) is 3.36. The minimum Gasteiger partial charge on any atom is -0.396 e. The number of hydrogen-bond donors (Lipinski definition) is 2. The zero-order valence-corrected chi connectivity index (χ0v) is 20.5. The van der Waals surface area contributed by atoms with Crippen LogP contribution in [0.3, 0.4) is 0 Å². The summed E-state index contributed by atoms with van der Waals surface area (Å²) in [6, 6.07) is 10.3. The van der Waals surface area contributed by atoms with Gasteiger partial charge in [0.25, 0.3) is 5.91 Å². The summed E-state index contributed by atoms with van der Waals surface area (Å²) in [6.07, 6.45) is -2.03. The Balaban J connectivity index is 1.50. The number of imidazole rings is 1. The molecule has 2 heterocycles. The minimum atomic E-state index is -4.56. The lowest BCUT2D eigenvalue weighted by Crippen LogP contribution is -2.39. The summed E-state index contributed by atoms with van der Waals surface area (Å²) in [6.45, 7) is 3.49. The van der Waals surface area contributed by atoms with Crippen LogP contribution in [0.1, 0.15) is 53.6 Å². The van der Waals surface area contributed by atoms with Crippen LogP contribution in [0.4, 0.5) is 13.2 Å². The van der Waals surface area contributed by atoms with E-state index < -0.39 is 17.6 Å². The van der Waals surface area contributed by atoms with Gasteiger partial charge in [-0.3, -0.25) is 9.59 Å². The van der Waals surface area contributed by atoms with Gasteiger partial charge in [0.2, 0.25) is 11.5 Å². The van der Waals surface area contributed by atoms with Crippen molar-refractivity contribution >= 4 is 22.8 Å². The van der Waals surface area contributed by atoms with Crippen LogP contribution in [0.25, 0.3) is 11.0 Å². The number of benzene rings is 2. The molecule has 2 aliphatic rings. The Morgan fingerprint density at radius 3 is 2.68 bits per heavy atom. The third kappa shape index (κ3) is 5.07. The molecule has 2 amide bonds. The van der Waals surface area contributed by atoms with Gasteiger partial charge in [0, 0.05) is 38.7 Å². The summed E-state index contributed by atoms with van der Waals surface area (Å²) in [5, 5.41) is 9.37. The van der Waals surface area contributed by atoms with Crippen molar-refractivity contribution in [2.45, 2.75) is 44.8 Å². The Hall–Kier alpha value is -3.40. The van der Waals surface area contributed by atoms with Gasteiger partial charge in [0.05, 0.1) is 16.6 Å². The number of rotatable bonds is 5. The van der Waals surface area contributed by atoms with Gasteiger partial charge in [0.15, 0.2) is 0 Å². The summed E-state index contributed by atoms with van der Waals surface area (Å²) in [5.41, 5.74) is 1.85. The van der Waals surface area contributed by atoms with Crippen molar-refractivity contribution in [2.75, 3.05) is 19.7 Å². The maximum atomic E-state index is 13.1. The number of H-pyrrole nitrogens is 1. The molecule has 2 bridgehead atoms. The number of aromatic amines is 1. The lowest BCUT2D eigenvalue weighted by molar-refractivity contribution is -0.137. The first-order valence-electron chi connectivity index (χ1n) is 12.5. The van der Waals surface area contributed by atoms with E-state index in [-0.39, 0.29) is 23.7 Å². The van der Waals surface area contributed by atoms with E-state index in [0.717, 1.165) is 54.7 Å². The van der Waals surface area contributed by atoms with Crippen molar-refractivity contribution in [3.63, 3.8) is 0 Å². The van der Waals surface area contributed by atoms with Crippen LogP contribution in [-0.2, 0) is 17.5 Å². The van der Waals surface area contributed by atoms with E-state index >= 15 is 0 Å². The number of piperidine rings is 1. The van der Waals surface area contributed by atoms with Crippen LogP contribution >= 0.6 is 0 Å². The third-order valence-corrected chi connectivity index (χ3v) is 7.60. The van der Waals surface area contributed by atoms with E-state index in [9.17, 15) is 27.9 Å². The normalized spacial score (nSPS) is 22.1. The molecule has 7 nitrogen and oxygen atoms in total. The fraction of sp³-hybridized carbons (Fsp3) is 0.444. The number of likely N-dealkylation sites (tertiary alicyclic amines) is 1. The number of amides is 2. The lowest BCUT2D eigenvalue weighted by atomic mass is 9.88. The highest BCUT2D eigenvalue weighted by Gasteiger charge is 2.41. The van der Waals surface area contributed by atoms with E-state index in [4.69, 9.17) is 0 Å². The monoisotopic (exact) mass is 514 g/mol. The number of aromatic nitrogens is 2. The Kier molecular flexibility index (Phi) is 6.70. The van der Waals surface area contributed by atoms with Crippen molar-refractivity contribution in [2.24, 2.45) is 16.8 Å². The second kappa shape index (κ2) is 9.81. The summed E-state index contributed by atoms with van der Waals surface area (Å²) < 4.78 is 41.1. The Bertz CT molecular complexity index is 1410. The number of aliphatic hydroxyl groups is 1. The first kappa shape index (κ1) is 25.3. The molecule has 1 saturated heterocycles. The van der Waals surface area contributed by atoms with Crippen LogP contribution in [0.2, 0.25) is 0 Å². The highest BCUT2D eigenvalue weighted by atomic mass is 19.4. The van der Waals surface area contributed by atoms with Gasteiger partial charge in [0.1, 0.15) is 0 Å². The number of carbonyl (C=O) groups excluding carboxylic acids is 2. The second-order valence-corrected chi connectivity index (χ2v) is 10.1. The van der Waals surface area contributed by atoms with E-state index in [1.165, 1.54) is 12.1 Å². The van der Waals surface area contributed by atoms with Crippen molar-refractivity contribution < 1.29 is 27.9 Å². The SMILES string of the molecule is CC(=O)N1CC2CC(C1)C(c1ccc3c(c1)[nH]/c(=N\C(=O)c1cccc(C(F)(F)F)c1)n3CCCO)C2. The predicted octanol–water partition coefficient (Wildman–Crippen LogP) is 4.08. The minimum absolute atomic E-state index is 0.0590. The quantitative estimate of drug-likeness (QED) is 0.538. The standard InChI is InChI=1S/C27H29F3N4O3/c1-16(36)33-14-17-10-20(15-33)22(11-17)18-6-7-24-23(13-18)31-26(34(24)8-3-9-35)32-25(37)19-4-2-5-21(12-19)27(28,29)30/h2,4-7,12-13,17,20,22,35H,3,8-11,14-15H2,1H3,(H,31,32,37). The number of aryl methyl sites for hydroxylation is 1. The largest absolute Gasteiger partial charge is 0.416 e. The summed E-state index contributed by atoms with van der Waals surface area (Å²) >= 11 is 0. The molecule has 2 N–H and O–H groups in total. The van der Waals surface area contributed by atoms with Gasteiger partial charge in [-0.15, -0.1) is 0 Å².